The van der Waals surface area contributed by atoms with Gasteiger partial charge < -0.3 is 26.3 Å². The highest BCUT2D eigenvalue weighted by Gasteiger charge is 2.24. The van der Waals surface area contributed by atoms with Gasteiger partial charge in [-0.15, -0.1) is 0 Å². The summed E-state index contributed by atoms with van der Waals surface area (Å²) in [5.41, 5.74) is 6.07. The zero-order chi connectivity index (χ0) is 22.6. The molecule has 33 heavy (non-hydrogen) atoms. The zero-order valence-corrected chi connectivity index (χ0v) is 17.6. The topological polar surface area (TPSA) is 98.1 Å². The summed E-state index contributed by atoms with van der Waals surface area (Å²) in [6, 6.07) is 25.9. The second-order valence-corrected chi connectivity index (χ2v) is 7.55. The molecule has 0 radical (unpaired) electrons. The van der Waals surface area contributed by atoms with Gasteiger partial charge in [-0.3, -0.25) is 4.79 Å². The second-order valence-electron chi connectivity index (χ2n) is 7.55. The van der Waals surface area contributed by atoms with E-state index in [0.717, 1.165) is 28.3 Å². The molecule has 0 spiro atoms. The van der Waals surface area contributed by atoms with E-state index in [-0.39, 0.29) is 11.9 Å². The average molecular weight is 435 g/mol. The summed E-state index contributed by atoms with van der Waals surface area (Å²) in [6.07, 6.45) is 3.65. The van der Waals surface area contributed by atoms with Crippen molar-refractivity contribution in [1.82, 2.24) is 4.98 Å². The van der Waals surface area contributed by atoms with Gasteiger partial charge in [-0.1, -0.05) is 24.3 Å². The van der Waals surface area contributed by atoms with Crippen molar-refractivity contribution in [1.29, 1.82) is 0 Å². The summed E-state index contributed by atoms with van der Waals surface area (Å²) in [7, 11) is 0. The fourth-order valence-electron chi connectivity index (χ4n) is 3.65. The molecule has 162 valence electrons. The van der Waals surface area contributed by atoms with Crippen molar-refractivity contribution in [3.05, 3.63) is 102 Å². The summed E-state index contributed by atoms with van der Waals surface area (Å²) in [5.74, 6) is -0.132. The largest absolute Gasteiger partial charge is 0.362 e. The number of anilines is 5. The van der Waals surface area contributed by atoms with E-state index in [0.29, 0.717) is 16.9 Å². The number of benzene rings is 3. The van der Waals surface area contributed by atoms with Crippen molar-refractivity contribution in [3.63, 3.8) is 0 Å². The van der Waals surface area contributed by atoms with Crippen LogP contribution in [0, 0.1) is 0 Å². The van der Waals surface area contributed by atoms with Crippen LogP contribution in [0.5, 0.6) is 0 Å². The third-order valence-corrected chi connectivity index (χ3v) is 5.17. The Bertz CT molecular complexity index is 1340. The molecule has 0 fully saturated rings. The first-order valence-corrected chi connectivity index (χ1v) is 10.4. The van der Waals surface area contributed by atoms with Gasteiger partial charge in [0.1, 0.15) is 0 Å². The van der Waals surface area contributed by atoms with Crippen LogP contribution in [-0.4, -0.2) is 16.9 Å². The van der Waals surface area contributed by atoms with E-state index in [1.165, 1.54) is 0 Å². The summed E-state index contributed by atoms with van der Waals surface area (Å²) in [4.78, 5) is 27.8. The molecule has 0 atom stereocenters. The molecule has 1 aliphatic rings. The first-order valence-electron chi connectivity index (χ1n) is 10.4. The number of rotatable bonds is 5. The summed E-state index contributed by atoms with van der Waals surface area (Å²) < 4.78 is 0. The molecule has 2 heterocycles. The van der Waals surface area contributed by atoms with Gasteiger partial charge in [-0.2, -0.15) is 0 Å². The van der Waals surface area contributed by atoms with Crippen LogP contribution in [0.15, 0.2) is 91.1 Å². The number of hydrogen-bond donors (Lipinski definition) is 5. The van der Waals surface area contributed by atoms with Crippen LogP contribution in [0.1, 0.15) is 11.3 Å². The second kappa shape index (κ2) is 8.76. The van der Waals surface area contributed by atoms with Gasteiger partial charge in [0.15, 0.2) is 0 Å². The molecule has 5 N–H and O–H groups in total. The number of fused-ring (bicyclic) bond motifs is 1. The number of hydrogen-bond acceptors (Lipinski definition) is 3. The van der Waals surface area contributed by atoms with Gasteiger partial charge in [-0.25, -0.2) is 4.79 Å². The van der Waals surface area contributed by atoms with Crippen molar-refractivity contribution in [2.45, 2.75) is 0 Å². The van der Waals surface area contributed by atoms with E-state index in [1.54, 1.807) is 0 Å². The number of carbonyl (C=O) groups excluding carboxylic acids is 2. The Morgan fingerprint density at radius 2 is 1.52 bits per heavy atom. The Balaban J connectivity index is 1.32. The minimum absolute atomic E-state index is 0.132. The lowest BCUT2D eigenvalue weighted by atomic mass is 10.1. The minimum atomic E-state index is -0.320. The van der Waals surface area contributed by atoms with Gasteiger partial charge in [-0.05, 0) is 66.7 Å². The maximum atomic E-state index is 12.4. The number of amides is 3. The van der Waals surface area contributed by atoms with E-state index >= 15 is 0 Å². The monoisotopic (exact) mass is 435 g/mol. The molecule has 7 heteroatoms. The predicted octanol–water partition coefficient (Wildman–Crippen LogP) is 5.90. The van der Waals surface area contributed by atoms with Gasteiger partial charge in [0.05, 0.1) is 5.57 Å². The minimum Gasteiger partial charge on any atom is -0.362 e. The molecule has 0 saturated heterocycles. The number of H-pyrrole nitrogens is 1. The van der Waals surface area contributed by atoms with Crippen LogP contribution in [0.2, 0.25) is 0 Å². The fourth-order valence-corrected chi connectivity index (χ4v) is 3.65. The maximum absolute atomic E-state index is 12.4. The number of para-hydroxylation sites is 1. The molecule has 3 amide bonds. The molecule has 1 aromatic heterocycles. The summed E-state index contributed by atoms with van der Waals surface area (Å²) in [5, 5.41) is 11.9. The Kier molecular flexibility index (Phi) is 5.35. The van der Waals surface area contributed by atoms with E-state index in [1.807, 2.05) is 97.2 Å². The van der Waals surface area contributed by atoms with Crippen molar-refractivity contribution in [2.24, 2.45) is 0 Å². The maximum Gasteiger partial charge on any atom is 0.323 e. The molecular formula is C26H21N5O2. The molecule has 5 rings (SSSR count). The molecule has 0 unspecified atom stereocenters. The lowest BCUT2D eigenvalue weighted by Gasteiger charge is -2.11. The molecule has 4 aromatic rings. The quantitative estimate of drug-likeness (QED) is 0.253. The normalized spacial score (nSPS) is 13.3. The highest BCUT2D eigenvalue weighted by Crippen LogP contribution is 2.35. The SMILES string of the molecule is O=C(Nc1ccccc1)Nc1cccc(Nc2ccc3c(c2)/C(=C\c2ccc[nH]2)C(=O)N3)c1. The van der Waals surface area contributed by atoms with Crippen molar-refractivity contribution in [3.8, 4) is 0 Å². The number of carbonyl (C=O) groups is 2. The first-order chi connectivity index (χ1) is 16.1. The summed E-state index contributed by atoms with van der Waals surface area (Å²) >= 11 is 0. The van der Waals surface area contributed by atoms with Crippen LogP contribution >= 0.6 is 0 Å². The average Bonchev–Trinajstić information content (AvgIpc) is 3.43. The predicted molar refractivity (Wildman–Crippen MR) is 133 cm³/mol. The summed E-state index contributed by atoms with van der Waals surface area (Å²) in [6.45, 7) is 0. The van der Waals surface area contributed by atoms with E-state index < -0.39 is 0 Å². The molecule has 1 aliphatic heterocycles. The van der Waals surface area contributed by atoms with Crippen LogP contribution in [-0.2, 0) is 4.79 Å². The van der Waals surface area contributed by atoms with Gasteiger partial charge in [0.25, 0.3) is 5.91 Å². The molecule has 3 aromatic carbocycles. The molecular weight excluding hydrogens is 414 g/mol. The molecule has 7 nitrogen and oxygen atoms in total. The Hall–Kier alpha value is -4.78. The van der Waals surface area contributed by atoms with Crippen LogP contribution in [0.3, 0.4) is 0 Å². The van der Waals surface area contributed by atoms with Crippen LogP contribution in [0.4, 0.5) is 33.2 Å². The van der Waals surface area contributed by atoms with Crippen molar-refractivity contribution >= 4 is 52.0 Å². The number of nitrogens with one attached hydrogen (secondary N) is 5. The van der Waals surface area contributed by atoms with Crippen molar-refractivity contribution < 1.29 is 9.59 Å². The van der Waals surface area contributed by atoms with Crippen molar-refractivity contribution in [2.75, 3.05) is 21.3 Å². The molecule has 0 aliphatic carbocycles. The lowest BCUT2D eigenvalue weighted by molar-refractivity contribution is -0.110. The highest BCUT2D eigenvalue weighted by atomic mass is 16.2. The first kappa shape index (κ1) is 20.1. The standard InChI is InChI=1S/C26H21N5O2/c32-25-23(15-18-10-5-13-27-18)22-16-21(11-12-24(22)31-25)28-19-8-4-9-20(14-19)30-26(33)29-17-6-2-1-3-7-17/h1-16,27-28H,(H,31,32)(H2,29,30,33)/b23-15+. The number of aromatic amines is 1. The number of urea groups is 1. The van der Waals surface area contributed by atoms with E-state index in [4.69, 9.17) is 0 Å². The Morgan fingerprint density at radius 1 is 0.758 bits per heavy atom. The Morgan fingerprint density at radius 3 is 2.33 bits per heavy atom. The van der Waals surface area contributed by atoms with Gasteiger partial charge >= 0.3 is 6.03 Å². The van der Waals surface area contributed by atoms with Gasteiger partial charge in [0, 0.05) is 45.9 Å². The van der Waals surface area contributed by atoms with E-state index in [2.05, 4.69) is 26.3 Å². The van der Waals surface area contributed by atoms with Crippen LogP contribution in [0.25, 0.3) is 11.6 Å². The lowest BCUT2D eigenvalue weighted by Crippen LogP contribution is -2.19. The third-order valence-electron chi connectivity index (χ3n) is 5.17. The number of aromatic nitrogens is 1. The Labute approximate surface area is 190 Å². The fraction of sp³-hybridized carbons (Fsp3) is 0. The van der Waals surface area contributed by atoms with Gasteiger partial charge in [0.2, 0.25) is 0 Å². The van der Waals surface area contributed by atoms with Crippen LogP contribution < -0.4 is 21.3 Å². The molecule has 0 saturated carbocycles. The smallest absolute Gasteiger partial charge is 0.323 e. The van der Waals surface area contributed by atoms with E-state index in [9.17, 15) is 9.59 Å². The molecule has 0 bridgehead atoms. The zero-order valence-electron chi connectivity index (χ0n) is 17.6. The highest BCUT2D eigenvalue weighted by molar-refractivity contribution is 6.35. The third kappa shape index (κ3) is 4.62.